The quantitative estimate of drug-likeness (QED) is 0.241. The van der Waals surface area contributed by atoms with E-state index in [0.29, 0.717) is 34.3 Å². The molecule has 1 aliphatic heterocycles. The molecular weight excluding hydrogens is 569 g/mol. The number of carbonyl (C=O) groups is 1. The summed E-state index contributed by atoms with van der Waals surface area (Å²) in [6.45, 7) is 0.887. The summed E-state index contributed by atoms with van der Waals surface area (Å²) < 4.78 is 54.9. The van der Waals surface area contributed by atoms with Crippen molar-refractivity contribution < 1.29 is 22.4 Å². The van der Waals surface area contributed by atoms with E-state index in [1.54, 1.807) is 59.4 Å². The minimum Gasteiger partial charge on any atom is -0.336 e. The lowest BCUT2D eigenvalue weighted by atomic mass is 9.93. The van der Waals surface area contributed by atoms with Crippen LogP contribution in [-0.4, -0.2) is 56.7 Å². The number of likely N-dealkylation sites (tertiary alicyclic amines) is 1. The van der Waals surface area contributed by atoms with Gasteiger partial charge in [-0.15, -0.1) is 0 Å². The van der Waals surface area contributed by atoms with Crippen LogP contribution in [0.2, 0.25) is 10.0 Å². The zero-order valence-electron chi connectivity index (χ0n) is 21.1. The summed E-state index contributed by atoms with van der Waals surface area (Å²) in [5.74, 6) is -1.68. The van der Waals surface area contributed by atoms with Gasteiger partial charge in [0.25, 0.3) is 5.91 Å². The Labute approximate surface area is 237 Å². The van der Waals surface area contributed by atoms with Crippen molar-refractivity contribution in [1.82, 2.24) is 24.6 Å². The SMILES string of the molecule is CN(Cc1ccc(C(F)(F)F)c(F)c1)[C@@H]1CN(C(=O)c2ccc(-n3cncn3)cc2)C[C@@H]1c1ccc(Cl)c(Cl)c1. The number of nitrogens with zero attached hydrogens (tertiary/aromatic N) is 5. The Kier molecular flexibility index (Phi) is 7.85. The molecule has 1 aromatic heterocycles. The molecule has 2 atom stereocenters. The molecule has 40 heavy (non-hydrogen) atoms. The van der Waals surface area contributed by atoms with Crippen molar-refractivity contribution in [2.24, 2.45) is 0 Å². The molecule has 5 rings (SSSR count). The molecule has 1 aliphatic rings. The van der Waals surface area contributed by atoms with Crippen LogP contribution in [0.1, 0.15) is 33.0 Å². The largest absolute Gasteiger partial charge is 0.419 e. The third-order valence-electron chi connectivity index (χ3n) is 7.08. The summed E-state index contributed by atoms with van der Waals surface area (Å²) in [5, 5.41) is 4.86. The first kappa shape index (κ1) is 28.1. The number of likely N-dealkylation sites (N-methyl/N-ethyl adjacent to an activating group) is 1. The standard InChI is InChI=1S/C28H23Cl2F4N5O/c1-37(12-17-2-8-22(25(31)10-17)28(32,33)34)26-14-38(13-21(26)19-5-9-23(29)24(30)11-19)27(40)18-3-6-20(7-4-18)39-16-35-15-36-39/h2-11,15-16,21,26H,12-14H2,1H3/t21-,26-/m1/s1. The smallest absolute Gasteiger partial charge is 0.336 e. The second-order valence-corrected chi connectivity index (χ2v) is 10.5. The summed E-state index contributed by atoms with van der Waals surface area (Å²) in [7, 11) is 1.80. The topological polar surface area (TPSA) is 54.3 Å². The number of hydrogen-bond donors (Lipinski definition) is 0. The lowest BCUT2D eigenvalue weighted by molar-refractivity contribution is -0.140. The van der Waals surface area contributed by atoms with Crippen molar-refractivity contribution >= 4 is 29.1 Å². The van der Waals surface area contributed by atoms with Crippen LogP contribution < -0.4 is 0 Å². The third kappa shape index (κ3) is 5.84. The number of hydrogen-bond acceptors (Lipinski definition) is 4. The molecule has 0 N–H and O–H groups in total. The van der Waals surface area contributed by atoms with Gasteiger partial charge in [0.05, 0.1) is 21.3 Å². The molecule has 1 fully saturated rings. The van der Waals surface area contributed by atoms with E-state index >= 15 is 0 Å². The van der Waals surface area contributed by atoms with Gasteiger partial charge in [0.1, 0.15) is 18.5 Å². The molecule has 208 valence electrons. The van der Waals surface area contributed by atoms with Crippen LogP contribution in [0.25, 0.3) is 5.69 Å². The first-order valence-corrected chi connectivity index (χ1v) is 13.0. The van der Waals surface area contributed by atoms with Crippen molar-refractivity contribution in [3.63, 3.8) is 0 Å². The summed E-state index contributed by atoms with van der Waals surface area (Å²) in [4.78, 5) is 21.1. The predicted molar refractivity (Wildman–Crippen MR) is 143 cm³/mol. The van der Waals surface area contributed by atoms with Crippen LogP contribution in [0.15, 0.2) is 73.3 Å². The molecule has 0 saturated carbocycles. The van der Waals surface area contributed by atoms with Crippen LogP contribution >= 0.6 is 23.2 Å². The predicted octanol–water partition coefficient (Wildman–Crippen LogP) is 6.47. The molecule has 1 saturated heterocycles. The Morgan fingerprint density at radius 1 is 1.02 bits per heavy atom. The van der Waals surface area contributed by atoms with E-state index in [9.17, 15) is 22.4 Å². The zero-order valence-corrected chi connectivity index (χ0v) is 22.6. The van der Waals surface area contributed by atoms with E-state index in [2.05, 4.69) is 10.1 Å². The van der Waals surface area contributed by atoms with Crippen LogP contribution in [0.4, 0.5) is 17.6 Å². The molecule has 1 amide bonds. The number of amides is 1. The maximum absolute atomic E-state index is 14.2. The lowest BCUT2D eigenvalue weighted by Gasteiger charge is -2.29. The van der Waals surface area contributed by atoms with Crippen LogP contribution in [0.3, 0.4) is 0 Å². The van der Waals surface area contributed by atoms with Crippen LogP contribution in [0, 0.1) is 5.82 Å². The molecular formula is C28H23Cl2F4N5O. The average molecular weight is 592 g/mol. The Balaban J connectivity index is 1.39. The molecule has 0 bridgehead atoms. The Morgan fingerprint density at radius 3 is 2.40 bits per heavy atom. The van der Waals surface area contributed by atoms with Crippen molar-refractivity contribution in [3.05, 3.63) is 111 Å². The lowest BCUT2D eigenvalue weighted by Crippen LogP contribution is -2.38. The minimum atomic E-state index is -4.77. The molecule has 0 aliphatic carbocycles. The normalized spacial score (nSPS) is 17.6. The summed E-state index contributed by atoms with van der Waals surface area (Å²) in [5.41, 5.74) is 1.19. The van der Waals surface area contributed by atoms with E-state index in [-0.39, 0.29) is 24.4 Å². The number of alkyl halides is 3. The van der Waals surface area contributed by atoms with Crippen LogP contribution in [0.5, 0.6) is 0 Å². The van der Waals surface area contributed by atoms with E-state index in [4.69, 9.17) is 23.2 Å². The molecule has 2 heterocycles. The van der Waals surface area contributed by atoms with E-state index in [1.165, 1.54) is 12.4 Å². The fourth-order valence-electron chi connectivity index (χ4n) is 5.04. The van der Waals surface area contributed by atoms with Gasteiger partial charge in [0.2, 0.25) is 0 Å². The van der Waals surface area contributed by atoms with Crippen molar-refractivity contribution in [3.8, 4) is 5.69 Å². The van der Waals surface area contributed by atoms with Crippen molar-refractivity contribution in [1.29, 1.82) is 0 Å². The molecule has 0 unspecified atom stereocenters. The summed E-state index contributed by atoms with van der Waals surface area (Å²) in [6, 6.07) is 15.0. The number of rotatable bonds is 6. The van der Waals surface area contributed by atoms with E-state index in [0.717, 1.165) is 23.4 Å². The first-order valence-electron chi connectivity index (χ1n) is 12.3. The van der Waals surface area contributed by atoms with Gasteiger partial charge in [-0.2, -0.15) is 18.3 Å². The van der Waals surface area contributed by atoms with E-state index < -0.39 is 17.6 Å². The van der Waals surface area contributed by atoms with Crippen molar-refractivity contribution in [2.45, 2.75) is 24.7 Å². The third-order valence-corrected chi connectivity index (χ3v) is 7.82. The number of aromatic nitrogens is 3. The van der Waals surface area contributed by atoms with Gasteiger partial charge in [-0.05, 0) is 66.7 Å². The zero-order chi connectivity index (χ0) is 28.6. The van der Waals surface area contributed by atoms with Gasteiger partial charge in [-0.25, -0.2) is 14.1 Å². The average Bonchev–Trinajstić information content (AvgIpc) is 3.60. The molecule has 0 spiro atoms. The van der Waals surface area contributed by atoms with Gasteiger partial charge in [0.15, 0.2) is 0 Å². The number of benzene rings is 3. The number of carbonyl (C=O) groups excluding carboxylic acids is 1. The minimum absolute atomic E-state index is 0.173. The van der Waals surface area contributed by atoms with E-state index in [1.807, 2.05) is 11.0 Å². The number of halogens is 6. The highest BCUT2D eigenvalue weighted by atomic mass is 35.5. The maximum atomic E-state index is 14.2. The first-order chi connectivity index (χ1) is 19.0. The molecule has 0 radical (unpaired) electrons. The van der Waals surface area contributed by atoms with Gasteiger partial charge >= 0.3 is 6.18 Å². The molecule has 12 heteroatoms. The van der Waals surface area contributed by atoms with Crippen molar-refractivity contribution in [2.75, 3.05) is 20.1 Å². The fraction of sp³-hybridized carbons (Fsp3) is 0.250. The van der Waals surface area contributed by atoms with Gasteiger partial charge < -0.3 is 4.90 Å². The Bertz CT molecular complexity index is 1510. The molecule has 3 aromatic carbocycles. The summed E-state index contributed by atoms with van der Waals surface area (Å²) >= 11 is 12.4. The van der Waals surface area contributed by atoms with Gasteiger partial charge in [-0.1, -0.05) is 35.3 Å². The Hall–Kier alpha value is -3.47. The molecule has 4 aromatic rings. The van der Waals surface area contributed by atoms with Gasteiger partial charge in [-0.3, -0.25) is 9.69 Å². The second-order valence-electron chi connectivity index (χ2n) is 9.67. The highest BCUT2D eigenvalue weighted by Gasteiger charge is 2.39. The maximum Gasteiger partial charge on any atom is 0.419 e. The molecule has 6 nitrogen and oxygen atoms in total. The highest BCUT2D eigenvalue weighted by Crippen LogP contribution is 2.36. The monoisotopic (exact) mass is 591 g/mol. The second kappa shape index (κ2) is 11.2. The van der Waals surface area contributed by atoms with Gasteiger partial charge in [0, 0.05) is 37.2 Å². The summed E-state index contributed by atoms with van der Waals surface area (Å²) in [6.07, 6.45) is -1.79. The fourth-order valence-corrected chi connectivity index (χ4v) is 5.35. The highest BCUT2D eigenvalue weighted by molar-refractivity contribution is 6.42. The Morgan fingerprint density at radius 2 is 1.77 bits per heavy atom. The van der Waals surface area contributed by atoms with Crippen LogP contribution in [-0.2, 0) is 12.7 Å².